The van der Waals surface area contributed by atoms with E-state index in [9.17, 15) is 0 Å². The fourth-order valence-electron chi connectivity index (χ4n) is 9.11. The molecule has 0 atom stereocenters. The molecule has 256 valence electrons. The molecule has 1 aliphatic carbocycles. The summed E-state index contributed by atoms with van der Waals surface area (Å²) in [6, 6.07) is 39.2. The Bertz CT molecular complexity index is 2350. The number of fused-ring (bicyclic) bond motifs is 7. The molecule has 6 aromatic rings. The van der Waals surface area contributed by atoms with Crippen LogP contribution >= 0.6 is 0 Å². The summed E-state index contributed by atoms with van der Waals surface area (Å²) in [6.45, 7) is 21.0. The number of rotatable bonds is 3. The van der Waals surface area contributed by atoms with Gasteiger partial charge in [0, 0.05) is 33.8 Å². The first kappa shape index (κ1) is 32.2. The minimum Gasteiger partial charge on any atom is -0.468 e. The van der Waals surface area contributed by atoms with Crippen molar-refractivity contribution in [3.8, 4) is 0 Å². The predicted octanol–water partition coefficient (Wildman–Crippen LogP) is 11.3. The molecule has 51 heavy (non-hydrogen) atoms. The molecule has 3 nitrogen and oxygen atoms in total. The molecule has 9 rings (SSSR count). The summed E-state index contributed by atoms with van der Waals surface area (Å²) >= 11 is 0. The van der Waals surface area contributed by atoms with E-state index in [1.54, 1.807) is 0 Å². The number of furan rings is 1. The standard InChI is InChI=1S/C47H49BN2O/c1-29(2)30-17-20-32(21-18-30)50-40-16-12-15-39-42(40)48(44-43(50)34-27-31(45(3,4)5)19-24-41(34)51-44)37-13-10-11-14-38(37)49(39)33-22-23-35-36(28-33)47(8,9)26-25-46(35,6)7/h10-24,27-29H,25-26H2,1-9H3. The molecular weight excluding hydrogens is 619 g/mol. The number of hydrogen-bond acceptors (Lipinski definition) is 3. The predicted molar refractivity (Wildman–Crippen MR) is 218 cm³/mol. The SMILES string of the molecule is CC(C)c1ccc(N2c3cccc4c3B(c3ccccc3N4c3ccc4c(c3)C(C)(C)CCC4(C)C)c3oc4ccc(C(C)(C)C)cc4c32)cc1. The van der Waals surface area contributed by atoms with Gasteiger partial charge in [-0.15, -0.1) is 0 Å². The molecule has 4 heteroatoms. The maximum atomic E-state index is 7.08. The molecule has 0 saturated heterocycles. The van der Waals surface area contributed by atoms with Gasteiger partial charge in [0.1, 0.15) is 5.58 Å². The van der Waals surface area contributed by atoms with Crippen LogP contribution in [0.1, 0.15) is 103 Å². The van der Waals surface area contributed by atoms with Crippen molar-refractivity contribution in [3.05, 3.63) is 125 Å². The van der Waals surface area contributed by atoms with Crippen LogP contribution in [0.2, 0.25) is 0 Å². The Kier molecular flexibility index (Phi) is 6.89. The highest BCUT2D eigenvalue weighted by molar-refractivity contribution is 6.99. The van der Waals surface area contributed by atoms with Gasteiger partial charge < -0.3 is 14.2 Å². The maximum absolute atomic E-state index is 7.08. The number of anilines is 6. The van der Waals surface area contributed by atoms with Gasteiger partial charge in [0.15, 0.2) is 0 Å². The summed E-state index contributed by atoms with van der Waals surface area (Å²) in [5, 5.41) is 1.17. The van der Waals surface area contributed by atoms with Gasteiger partial charge >= 0.3 is 0 Å². The molecular formula is C47H49BN2O. The third-order valence-corrected chi connectivity index (χ3v) is 12.3. The van der Waals surface area contributed by atoms with Crippen molar-refractivity contribution in [2.75, 3.05) is 9.80 Å². The van der Waals surface area contributed by atoms with E-state index in [-0.39, 0.29) is 23.0 Å². The second-order valence-corrected chi connectivity index (χ2v) is 17.9. The van der Waals surface area contributed by atoms with Gasteiger partial charge in [0.05, 0.1) is 11.3 Å². The molecule has 0 N–H and O–H groups in total. The van der Waals surface area contributed by atoms with Crippen LogP contribution in [0, 0.1) is 0 Å². The monoisotopic (exact) mass is 668 g/mol. The second kappa shape index (κ2) is 10.9. The van der Waals surface area contributed by atoms with Crippen LogP contribution in [0.25, 0.3) is 11.0 Å². The van der Waals surface area contributed by atoms with Crippen molar-refractivity contribution in [1.82, 2.24) is 0 Å². The van der Waals surface area contributed by atoms with Crippen LogP contribution in [0.5, 0.6) is 0 Å². The van der Waals surface area contributed by atoms with Crippen LogP contribution in [0.15, 0.2) is 108 Å². The molecule has 3 aliphatic rings. The molecule has 1 aromatic heterocycles. The summed E-state index contributed by atoms with van der Waals surface area (Å²) in [7, 11) is 0. The van der Waals surface area contributed by atoms with Crippen LogP contribution < -0.4 is 26.4 Å². The lowest BCUT2D eigenvalue weighted by atomic mass is 9.35. The summed E-state index contributed by atoms with van der Waals surface area (Å²) < 4.78 is 7.08. The van der Waals surface area contributed by atoms with Gasteiger partial charge in [-0.3, -0.25) is 0 Å². The van der Waals surface area contributed by atoms with E-state index >= 15 is 0 Å². The minimum absolute atomic E-state index is 0.0123. The molecule has 0 amide bonds. The smallest absolute Gasteiger partial charge is 0.297 e. The van der Waals surface area contributed by atoms with Gasteiger partial charge in [-0.2, -0.15) is 0 Å². The van der Waals surface area contributed by atoms with Gasteiger partial charge in [-0.1, -0.05) is 111 Å². The third kappa shape index (κ3) is 4.78. The Morgan fingerprint density at radius 1 is 0.667 bits per heavy atom. The highest BCUT2D eigenvalue weighted by atomic mass is 16.3. The van der Waals surface area contributed by atoms with Crippen LogP contribution in [-0.2, 0) is 16.2 Å². The van der Waals surface area contributed by atoms with Crippen LogP contribution in [0.4, 0.5) is 34.1 Å². The number of benzene rings is 5. The zero-order valence-electron chi connectivity index (χ0n) is 31.7. The fourth-order valence-corrected chi connectivity index (χ4v) is 9.11. The Labute approximate surface area is 304 Å². The molecule has 3 heterocycles. The van der Waals surface area contributed by atoms with E-state index in [1.165, 1.54) is 74.2 Å². The fraction of sp³-hybridized carbons (Fsp3) is 0.319. The van der Waals surface area contributed by atoms with Crippen molar-refractivity contribution in [2.24, 2.45) is 0 Å². The van der Waals surface area contributed by atoms with Crippen LogP contribution in [0.3, 0.4) is 0 Å². The zero-order valence-corrected chi connectivity index (χ0v) is 31.7. The van der Waals surface area contributed by atoms with Gasteiger partial charge in [-0.05, 0) is 123 Å². The molecule has 0 fully saturated rings. The van der Waals surface area contributed by atoms with E-state index in [0.29, 0.717) is 5.92 Å². The topological polar surface area (TPSA) is 19.6 Å². The Balaban J connectivity index is 1.33. The molecule has 5 aromatic carbocycles. The van der Waals surface area contributed by atoms with E-state index in [1.807, 2.05) is 0 Å². The lowest BCUT2D eigenvalue weighted by Gasteiger charge is -2.44. The summed E-state index contributed by atoms with van der Waals surface area (Å²) in [5.41, 5.74) is 17.6. The van der Waals surface area contributed by atoms with E-state index < -0.39 is 0 Å². The minimum atomic E-state index is -0.0386. The second-order valence-electron chi connectivity index (χ2n) is 17.9. The molecule has 0 unspecified atom stereocenters. The maximum Gasteiger partial charge on any atom is 0.297 e. The average Bonchev–Trinajstić information content (AvgIpc) is 3.48. The van der Waals surface area contributed by atoms with Crippen molar-refractivity contribution in [1.29, 1.82) is 0 Å². The zero-order chi connectivity index (χ0) is 35.6. The lowest BCUT2D eigenvalue weighted by molar-refractivity contribution is 0.332. The largest absolute Gasteiger partial charge is 0.468 e. The molecule has 0 spiro atoms. The van der Waals surface area contributed by atoms with Crippen molar-refractivity contribution in [2.45, 2.75) is 97.3 Å². The summed E-state index contributed by atoms with van der Waals surface area (Å²) in [5.74, 6) is 0.464. The van der Waals surface area contributed by atoms with Crippen molar-refractivity contribution >= 4 is 68.4 Å². The average molecular weight is 669 g/mol. The Hall–Kier alpha value is -4.70. The van der Waals surface area contributed by atoms with Gasteiger partial charge in [0.25, 0.3) is 6.71 Å². The molecule has 0 radical (unpaired) electrons. The van der Waals surface area contributed by atoms with Crippen molar-refractivity contribution in [3.63, 3.8) is 0 Å². The van der Waals surface area contributed by atoms with E-state index in [4.69, 9.17) is 4.42 Å². The number of para-hydroxylation sites is 1. The lowest BCUT2D eigenvalue weighted by Crippen LogP contribution is -2.60. The number of nitrogens with zero attached hydrogens (tertiary/aromatic N) is 2. The highest BCUT2D eigenvalue weighted by Crippen LogP contribution is 2.50. The van der Waals surface area contributed by atoms with E-state index in [2.05, 4.69) is 175 Å². The first-order valence-corrected chi connectivity index (χ1v) is 18.9. The quantitative estimate of drug-likeness (QED) is 0.175. The van der Waals surface area contributed by atoms with Gasteiger partial charge in [-0.25, -0.2) is 0 Å². The van der Waals surface area contributed by atoms with Gasteiger partial charge in [0.2, 0.25) is 0 Å². The summed E-state index contributed by atoms with van der Waals surface area (Å²) in [6.07, 6.45) is 2.39. The van der Waals surface area contributed by atoms with E-state index in [0.717, 1.165) is 22.6 Å². The Morgan fingerprint density at radius 2 is 1.31 bits per heavy atom. The summed E-state index contributed by atoms with van der Waals surface area (Å²) in [4.78, 5) is 5.01. The molecule has 0 bridgehead atoms. The highest BCUT2D eigenvalue weighted by Gasteiger charge is 2.47. The Morgan fingerprint density at radius 3 is 2.02 bits per heavy atom. The molecule has 2 aliphatic heterocycles. The first-order valence-electron chi connectivity index (χ1n) is 18.9. The molecule has 0 saturated carbocycles. The van der Waals surface area contributed by atoms with Crippen molar-refractivity contribution < 1.29 is 4.42 Å². The normalized spacial score (nSPS) is 16.9. The van der Waals surface area contributed by atoms with Crippen LogP contribution in [-0.4, -0.2) is 6.71 Å². The number of hydrogen-bond donors (Lipinski definition) is 0. The first-order chi connectivity index (χ1) is 24.2. The third-order valence-electron chi connectivity index (χ3n) is 12.3.